The molecule has 3 saturated carbocycles. The zero-order chi connectivity index (χ0) is 81.3. The van der Waals surface area contributed by atoms with E-state index in [0.717, 1.165) is 210 Å². The minimum atomic E-state index is -1.22. The zero-order valence-electron chi connectivity index (χ0n) is 70.0. The fourth-order valence-electron chi connectivity index (χ4n) is 16.4. The Kier molecular flexibility index (Phi) is 63.6. The van der Waals surface area contributed by atoms with Gasteiger partial charge in [-0.25, -0.2) is 4.79 Å². The third kappa shape index (κ3) is 41.9. The number of quaternary nitrogens is 3. The summed E-state index contributed by atoms with van der Waals surface area (Å²) in [5, 5.41) is 118. The van der Waals surface area contributed by atoms with Crippen molar-refractivity contribution in [2.75, 3.05) is 102 Å². The van der Waals surface area contributed by atoms with Crippen LogP contribution in [0.25, 0.3) is 0 Å². The van der Waals surface area contributed by atoms with Crippen molar-refractivity contribution in [1.29, 1.82) is 0 Å². The number of rotatable bonds is 36. The van der Waals surface area contributed by atoms with Gasteiger partial charge in [0.25, 0.3) is 0 Å². The summed E-state index contributed by atoms with van der Waals surface area (Å²) >= 11 is 0. The number of aliphatic carboxylic acids is 3. The second-order valence-electron chi connectivity index (χ2n) is 30.8. The van der Waals surface area contributed by atoms with E-state index in [-0.39, 0.29) is 81.3 Å². The molecule has 6 aliphatic rings. The van der Waals surface area contributed by atoms with Crippen LogP contribution in [0, 0.1) is 53.3 Å². The van der Waals surface area contributed by atoms with E-state index in [9.17, 15) is 55.2 Å². The van der Waals surface area contributed by atoms with Crippen LogP contribution in [0.2, 0.25) is 0 Å². The van der Waals surface area contributed by atoms with E-state index in [1.807, 2.05) is 120 Å². The Morgan fingerprint density at radius 3 is 0.883 bits per heavy atom. The molecular formula is C89H163N3O19. The molecule has 0 unspecified atom stereocenters. The first-order chi connectivity index (χ1) is 51.8. The van der Waals surface area contributed by atoms with E-state index in [4.69, 9.17) is 34.6 Å². The summed E-state index contributed by atoms with van der Waals surface area (Å²) in [7, 11) is 12.1. The normalized spacial score (nSPS) is 22.3. The molecule has 0 bridgehead atoms. The molecular weight excluding hydrogens is 1410 g/mol. The maximum Gasteiger partial charge on any atom is 0.341 e. The number of benzene rings is 3. The van der Waals surface area contributed by atoms with Crippen molar-refractivity contribution in [1.82, 2.24) is 0 Å². The summed E-state index contributed by atoms with van der Waals surface area (Å²) in [5.41, 5.74) is 6.87. The first-order valence-corrected chi connectivity index (χ1v) is 41.9. The van der Waals surface area contributed by atoms with E-state index in [1.54, 1.807) is 0 Å². The molecule has 14 N–H and O–H groups in total. The highest BCUT2D eigenvalue weighted by Gasteiger charge is 2.48. The van der Waals surface area contributed by atoms with E-state index < -0.39 is 31.1 Å². The summed E-state index contributed by atoms with van der Waals surface area (Å²) in [6.07, 6.45) is 23.4. The van der Waals surface area contributed by atoms with Gasteiger partial charge in [-0.2, -0.15) is 0 Å². The third-order valence-electron chi connectivity index (χ3n) is 21.8. The van der Waals surface area contributed by atoms with Crippen molar-refractivity contribution in [2.45, 2.75) is 287 Å². The van der Waals surface area contributed by atoms with Gasteiger partial charge in [0.05, 0.1) is 111 Å². The fraction of sp³-hybridized carbons (Fsp3) is 0.764. The van der Waals surface area contributed by atoms with Crippen LogP contribution in [0.1, 0.15) is 245 Å². The van der Waals surface area contributed by atoms with Crippen molar-refractivity contribution in [3.05, 3.63) is 88.0 Å². The van der Waals surface area contributed by atoms with Gasteiger partial charge < -0.3 is 105 Å². The Morgan fingerprint density at radius 1 is 0.423 bits per heavy atom. The van der Waals surface area contributed by atoms with Gasteiger partial charge in [-0.05, 0) is 220 Å². The minimum Gasteiger partial charge on any atom is -0.870 e. The number of likely N-dealkylation sites (N-methyl/N-ethyl adjacent to an activating group) is 3. The molecule has 111 heavy (non-hydrogen) atoms. The van der Waals surface area contributed by atoms with Crippen LogP contribution in [-0.4, -0.2) is 213 Å². The predicted molar refractivity (Wildman–Crippen MR) is 441 cm³/mol. The summed E-state index contributed by atoms with van der Waals surface area (Å²) in [6, 6.07) is 17.5. The number of hydrogen-bond acceptors (Lipinski definition) is 18. The molecule has 9 rings (SSSR count). The first-order valence-electron chi connectivity index (χ1n) is 41.9. The quantitative estimate of drug-likeness (QED) is 0.0272. The Labute approximate surface area is 672 Å². The van der Waals surface area contributed by atoms with Crippen molar-refractivity contribution in [3.63, 3.8) is 0 Å². The minimum absolute atomic E-state index is 0. The van der Waals surface area contributed by atoms with E-state index >= 15 is 0 Å². The van der Waals surface area contributed by atoms with Crippen molar-refractivity contribution in [3.8, 4) is 17.2 Å². The number of carbonyl (C=O) groups excluding carboxylic acids is 2. The number of aliphatic hydroxyl groups is 9. The number of unbranched alkanes of at least 4 members (excludes halogenated alkanes) is 6. The molecule has 22 nitrogen and oxygen atoms in total. The molecule has 3 fully saturated rings. The third-order valence-corrected chi connectivity index (χ3v) is 21.8. The molecule has 22 heteroatoms. The Hall–Kier alpha value is -5.05. The molecule has 0 heterocycles. The van der Waals surface area contributed by atoms with Gasteiger partial charge in [0.15, 0.2) is 6.61 Å². The van der Waals surface area contributed by atoms with Crippen LogP contribution in [0.3, 0.4) is 0 Å². The lowest BCUT2D eigenvalue weighted by Gasteiger charge is -2.32. The second-order valence-corrected chi connectivity index (χ2v) is 30.8. The Balaban J connectivity index is -0.00000136. The Bertz CT molecular complexity index is 2520. The monoisotopic (exact) mass is 1580 g/mol. The maximum absolute atomic E-state index is 10.8. The van der Waals surface area contributed by atoms with Gasteiger partial charge in [-0.1, -0.05) is 171 Å². The average Bonchev–Trinajstić information content (AvgIpc) is 1.69. The summed E-state index contributed by atoms with van der Waals surface area (Å²) < 4.78 is 16.4. The van der Waals surface area contributed by atoms with Crippen LogP contribution in [0.15, 0.2) is 54.6 Å². The number of ether oxygens (including phenoxy) is 3. The summed E-state index contributed by atoms with van der Waals surface area (Å²) in [4.78, 5) is 36.2. The van der Waals surface area contributed by atoms with E-state index in [0.29, 0.717) is 72.6 Å². The van der Waals surface area contributed by atoms with Gasteiger partial charge in [-0.15, -0.1) is 0 Å². The number of carboxylic acids is 3. The number of aliphatic hydroxyl groups excluding tert-OH is 9. The molecule has 0 aliphatic heterocycles. The lowest BCUT2D eigenvalue weighted by Crippen LogP contribution is -3.06. The van der Waals surface area contributed by atoms with E-state index in [1.165, 1.54) is 31.4 Å². The van der Waals surface area contributed by atoms with Crippen LogP contribution in [0.4, 0.5) is 0 Å². The SMILES string of the molecule is C.C.CC.CC.CC.CCCCC[C@H](O)CC[C@@H]1[C@H]2Cc3cccc(OCC(=O)O)c3C[C@H]2C[C@H]1O.CCCCC[C@H](O)CC[C@@H]1[C@H]2Cc3cccc(OCC(=O)[O-])c3C[C@H]2C[C@H]1O.CCCCC[C@H](O)CC[C@@H]1[C@H]2Cc3cccc(OCC(=O)[O-])c3C[C@H]2C[C@H]1O.C[NH+](C)CCO.C[NH+](C)CCO.C[NH+](C)CCO.[OH-]. The average molecular weight is 1580 g/mol. The molecule has 0 amide bonds. The lowest BCUT2D eigenvalue weighted by atomic mass is 9.73. The summed E-state index contributed by atoms with van der Waals surface area (Å²) in [5.74, 6) is 1.65. The van der Waals surface area contributed by atoms with Gasteiger partial charge in [0.2, 0.25) is 0 Å². The highest BCUT2D eigenvalue weighted by Crippen LogP contribution is 2.51. The van der Waals surface area contributed by atoms with Crippen molar-refractivity contribution >= 4 is 17.9 Å². The molecule has 0 aromatic heterocycles. The van der Waals surface area contributed by atoms with Gasteiger partial charge >= 0.3 is 5.97 Å². The lowest BCUT2D eigenvalue weighted by molar-refractivity contribution is -0.858. The van der Waals surface area contributed by atoms with Crippen LogP contribution >= 0.6 is 0 Å². The number of nitrogens with one attached hydrogen (secondary N) is 3. The topological polar surface area (TPSA) is 371 Å². The first kappa shape index (κ1) is 110. The Morgan fingerprint density at radius 2 is 0.676 bits per heavy atom. The largest absolute Gasteiger partial charge is 0.870 e. The molecule has 3 aromatic rings. The molecule has 6 aliphatic carbocycles. The van der Waals surface area contributed by atoms with E-state index in [2.05, 4.69) is 39.0 Å². The van der Waals surface area contributed by atoms with Gasteiger partial charge in [-0.3, -0.25) is 0 Å². The van der Waals surface area contributed by atoms with Crippen LogP contribution in [-0.2, 0) is 52.9 Å². The second kappa shape index (κ2) is 64.2. The van der Waals surface area contributed by atoms with Crippen molar-refractivity contribution < 1.29 is 110 Å². The smallest absolute Gasteiger partial charge is 0.341 e. The number of fused-ring (bicyclic) bond motifs is 6. The molecule has 648 valence electrons. The number of carboxylic acid groups (broad SMARTS) is 3. The highest BCUT2D eigenvalue weighted by atomic mass is 16.5. The molecule has 3 aromatic carbocycles. The van der Waals surface area contributed by atoms with Crippen LogP contribution in [0.5, 0.6) is 17.2 Å². The van der Waals surface area contributed by atoms with Gasteiger partial charge in [0, 0.05) is 0 Å². The zero-order valence-corrected chi connectivity index (χ0v) is 70.0. The standard InChI is InChI=1S/3C23H34O5.3C4H11NO.3C2H6.2CH4.H2O/c3*1-2-3-4-7-17(24)9-10-18-19-11-15-6-5-8-22(28-14-23(26)27)20(15)12-16(19)13-21(18)25;3*1-5(2)3-4-6;3*1-2;;;/h3*5-6,8,16-19,21,24-25H,2-4,7,9-14H2,1H3,(H,26,27);3*6H,3-4H2,1-2H3;3*1-2H3;2*1H4;1H2/t3*16-,17-,18+,19-,21+;;;;;;;;;/m000........./s1. The predicted octanol–water partition coefficient (Wildman–Crippen LogP) is 6.62. The maximum atomic E-state index is 10.8. The molecule has 0 spiro atoms. The number of carbonyl (C=O) groups is 3. The van der Waals surface area contributed by atoms with Crippen LogP contribution < -0.4 is 39.1 Å². The highest BCUT2D eigenvalue weighted by molar-refractivity contribution is 5.68. The molecule has 0 radical (unpaired) electrons. The number of hydrogen-bond donors (Lipinski definition) is 13. The van der Waals surface area contributed by atoms with Crippen molar-refractivity contribution in [2.24, 2.45) is 53.3 Å². The fourth-order valence-corrected chi connectivity index (χ4v) is 16.4. The van der Waals surface area contributed by atoms with Gasteiger partial charge in [0.1, 0.15) is 50.1 Å². The summed E-state index contributed by atoms with van der Waals surface area (Å²) in [6.45, 7) is 20.7. The molecule has 0 saturated heterocycles. The molecule has 15 atom stereocenters.